The van der Waals surface area contributed by atoms with E-state index in [4.69, 9.17) is 11.6 Å². The molecule has 4 nitrogen and oxygen atoms in total. The molecule has 1 aliphatic heterocycles. The maximum absolute atomic E-state index is 6.32. The number of rotatable bonds is 3. The lowest BCUT2D eigenvalue weighted by Gasteiger charge is -2.43. The van der Waals surface area contributed by atoms with Gasteiger partial charge < -0.3 is 5.32 Å². The van der Waals surface area contributed by atoms with Gasteiger partial charge in [-0.1, -0.05) is 35.0 Å². The molecule has 0 amide bonds. The molecule has 0 unspecified atom stereocenters. The number of hydrogen-bond donors (Lipinski definition) is 1. The topological polar surface area (TPSA) is 42.7 Å². The summed E-state index contributed by atoms with van der Waals surface area (Å²) in [4.78, 5) is 0. The Kier molecular flexibility index (Phi) is 2.84. The van der Waals surface area contributed by atoms with E-state index in [-0.39, 0.29) is 5.41 Å². The first-order valence-corrected chi connectivity index (χ1v) is 6.38. The third kappa shape index (κ3) is 1.91. The molecule has 2 aromatic rings. The number of hydrogen-bond acceptors (Lipinski definition) is 3. The van der Waals surface area contributed by atoms with Crippen molar-refractivity contribution in [2.45, 2.75) is 11.8 Å². The summed E-state index contributed by atoms with van der Waals surface area (Å²) in [6, 6.07) is 8.07. The number of nitrogens with zero attached hydrogens (tertiary/aromatic N) is 3. The van der Waals surface area contributed by atoms with Gasteiger partial charge in [-0.2, -0.15) is 0 Å². The Morgan fingerprint density at radius 1 is 1.39 bits per heavy atom. The summed E-state index contributed by atoms with van der Waals surface area (Å²) in [6.45, 7) is 1.88. The standard InChI is InChI=1S/C13H15ClN4/c1-18-7-10(16-17-18)6-13(8-15-9-13)11-4-2-3-5-12(11)14/h2-5,7,15H,6,8-9H2,1H3. The number of benzene rings is 1. The Labute approximate surface area is 111 Å². The predicted molar refractivity (Wildman–Crippen MR) is 70.7 cm³/mol. The zero-order valence-electron chi connectivity index (χ0n) is 10.2. The normalized spacial score (nSPS) is 17.4. The lowest BCUT2D eigenvalue weighted by atomic mass is 9.72. The van der Waals surface area contributed by atoms with Crippen molar-refractivity contribution in [3.05, 3.63) is 46.7 Å². The molecule has 1 fully saturated rings. The van der Waals surface area contributed by atoms with Gasteiger partial charge in [0.25, 0.3) is 0 Å². The van der Waals surface area contributed by atoms with Gasteiger partial charge in [0, 0.05) is 43.2 Å². The predicted octanol–water partition coefficient (Wildman–Crippen LogP) is 1.55. The molecule has 0 aliphatic carbocycles. The highest BCUT2D eigenvalue weighted by molar-refractivity contribution is 6.31. The maximum Gasteiger partial charge on any atom is 0.0836 e. The maximum atomic E-state index is 6.32. The fraction of sp³-hybridized carbons (Fsp3) is 0.385. The molecular weight excluding hydrogens is 248 g/mol. The fourth-order valence-electron chi connectivity index (χ4n) is 2.55. The lowest BCUT2D eigenvalue weighted by Crippen LogP contribution is -2.58. The highest BCUT2D eigenvalue weighted by Gasteiger charge is 2.40. The Morgan fingerprint density at radius 3 is 2.72 bits per heavy atom. The van der Waals surface area contributed by atoms with E-state index in [2.05, 4.69) is 21.7 Å². The first kappa shape index (κ1) is 11.7. The summed E-state index contributed by atoms with van der Waals surface area (Å²) >= 11 is 6.32. The van der Waals surface area contributed by atoms with Crippen molar-refractivity contribution in [2.24, 2.45) is 7.05 Å². The van der Waals surface area contributed by atoms with Crippen molar-refractivity contribution in [3.63, 3.8) is 0 Å². The van der Waals surface area contributed by atoms with E-state index in [1.54, 1.807) is 4.68 Å². The average molecular weight is 263 g/mol. The lowest BCUT2D eigenvalue weighted by molar-refractivity contribution is 0.272. The van der Waals surface area contributed by atoms with Gasteiger partial charge in [-0.05, 0) is 11.6 Å². The van der Waals surface area contributed by atoms with Crippen LogP contribution in [0.25, 0.3) is 0 Å². The van der Waals surface area contributed by atoms with Crippen LogP contribution in [0.4, 0.5) is 0 Å². The molecule has 3 rings (SSSR count). The van der Waals surface area contributed by atoms with Crippen molar-refractivity contribution >= 4 is 11.6 Å². The van der Waals surface area contributed by atoms with Gasteiger partial charge in [0.05, 0.1) is 5.69 Å². The van der Waals surface area contributed by atoms with Crippen LogP contribution in [0.15, 0.2) is 30.5 Å². The Balaban J connectivity index is 1.93. The fourth-order valence-corrected chi connectivity index (χ4v) is 2.89. The van der Waals surface area contributed by atoms with Gasteiger partial charge in [-0.25, -0.2) is 0 Å². The van der Waals surface area contributed by atoms with Gasteiger partial charge in [-0.3, -0.25) is 4.68 Å². The molecule has 0 bridgehead atoms. The van der Waals surface area contributed by atoms with Crippen molar-refractivity contribution in [2.75, 3.05) is 13.1 Å². The summed E-state index contributed by atoms with van der Waals surface area (Å²) in [5, 5.41) is 12.3. The van der Waals surface area contributed by atoms with E-state index in [1.165, 1.54) is 5.56 Å². The van der Waals surface area contributed by atoms with E-state index in [0.717, 1.165) is 30.2 Å². The number of aryl methyl sites for hydroxylation is 1. The van der Waals surface area contributed by atoms with Crippen LogP contribution >= 0.6 is 11.6 Å². The molecule has 18 heavy (non-hydrogen) atoms. The summed E-state index contributed by atoms with van der Waals surface area (Å²) in [5.74, 6) is 0. The number of halogens is 1. The van der Waals surface area contributed by atoms with Gasteiger partial charge in [0.2, 0.25) is 0 Å². The Bertz CT molecular complexity index is 560. The highest BCUT2D eigenvalue weighted by Crippen LogP contribution is 2.36. The van der Waals surface area contributed by atoms with Crippen LogP contribution in [0.2, 0.25) is 5.02 Å². The number of aromatic nitrogens is 3. The SMILES string of the molecule is Cn1cc(CC2(c3ccccc3Cl)CNC2)nn1. The molecule has 94 valence electrons. The van der Waals surface area contributed by atoms with Gasteiger partial charge in [0.15, 0.2) is 0 Å². The molecule has 0 spiro atoms. The third-order valence-corrected chi connectivity index (χ3v) is 3.87. The van der Waals surface area contributed by atoms with E-state index in [0.29, 0.717) is 0 Å². The molecule has 0 radical (unpaired) electrons. The molecule has 1 aromatic carbocycles. The summed E-state index contributed by atoms with van der Waals surface area (Å²) in [5.41, 5.74) is 2.28. The average Bonchev–Trinajstić information content (AvgIpc) is 2.71. The molecular formula is C13H15ClN4. The second-order valence-corrected chi connectivity index (χ2v) is 5.33. The highest BCUT2D eigenvalue weighted by atomic mass is 35.5. The second-order valence-electron chi connectivity index (χ2n) is 4.92. The van der Waals surface area contributed by atoms with Gasteiger partial charge in [0.1, 0.15) is 0 Å². The minimum atomic E-state index is 0.0639. The molecule has 1 aliphatic rings. The molecule has 1 N–H and O–H groups in total. The van der Waals surface area contributed by atoms with Gasteiger partial charge in [-0.15, -0.1) is 5.10 Å². The monoisotopic (exact) mass is 262 g/mol. The first-order chi connectivity index (χ1) is 8.70. The van der Waals surface area contributed by atoms with Crippen molar-refractivity contribution in [1.82, 2.24) is 20.3 Å². The second kappa shape index (κ2) is 4.37. The van der Waals surface area contributed by atoms with Crippen LogP contribution in [-0.2, 0) is 18.9 Å². The van der Waals surface area contributed by atoms with Crippen molar-refractivity contribution in [1.29, 1.82) is 0 Å². The van der Waals surface area contributed by atoms with Crippen LogP contribution < -0.4 is 5.32 Å². The van der Waals surface area contributed by atoms with Crippen molar-refractivity contribution in [3.8, 4) is 0 Å². The molecule has 2 heterocycles. The van der Waals surface area contributed by atoms with Crippen LogP contribution in [-0.4, -0.2) is 28.1 Å². The molecule has 1 aromatic heterocycles. The zero-order valence-corrected chi connectivity index (χ0v) is 11.0. The Hall–Kier alpha value is -1.39. The van der Waals surface area contributed by atoms with E-state index in [1.807, 2.05) is 31.4 Å². The van der Waals surface area contributed by atoms with Gasteiger partial charge >= 0.3 is 0 Å². The molecule has 5 heteroatoms. The number of nitrogens with one attached hydrogen (secondary N) is 1. The largest absolute Gasteiger partial charge is 0.315 e. The zero-order chi connectivity index (χ0) is 12.6. The van der Waals surface area contributed by atoms with E-state index < -0.39 is 0 Å². The van der Waals surface area contributed by atoms with Crippen molar-refractivity contribution < 1.29 is 0 Å². The summed E-state index contributed by atoms with van der Waals surface area (Å²) < 4.78 is 1.74. The third-order valence-electron chi connectivity index (χ3n) is 3.54. The van der Waals surface area contributed by atoms with Crippen LogP contribution in [0.3, 0.4) is 0 Å². The van der Waals surface area contributed by atoms with Crippen LogP contribution in [0, 0.1) is 0 Å². The van der Waals surface area contributed by atoms with Crippen LogP contribution in [0.5, 0.6) is 0 Å². The molecule has 1 saturated heterocycles. The van der Waals surface area contributed by atoms with E-state index >= 15 is 0 Å². The van der Waals surface area contributed by atoms with Crippen LogP contribution in [0.1, 0.15) is 11.3 Å². The Morgan fingerprint density at radius 2 is 2.17 bits per heavy atom. The quantitative estimate of drug-likeness (QED) is 0.913. The minimum absolute atomic E-state index is 0.0639. The summed E-state index contributed by atoms with van der Waals surface area (Å²) in [7, 11) is 1.89. The molecule has 0 atom stereocenters. The first-order valence-electron chi connectivity index (χ1n) is 6.01. The van der Waals surface area contributed by atoms with E-state index in [9.17, 15) is 0 Å². The smallest absolute Gasteiger partial charge is 0.0836 e. The molecule has 0 saturated carbocycles. The minimum Gasteiger partial charge on any atom is -0.315 e. The summed E-state index contributed by atoms with van der Waals surface area (Å²) in [6.07, 6.45) is 2.84.